The van der Waals surface area contributed by atoms with E-state index >= 15 is 0 Å². The second-order valence-electron chi connectivity index (χ2n) is 11.3. The normalized spacial score (nSPS) is 22.6. The van der Waals surface area contributed by atoms with Gasteiger partial charge in [0.1, 0.15) is 6.54 Å². The summed E-state index contributed by atoms with van der Waals surface area (Å²) in [5.74, 6) is -0.272. The highest BCUT2D eigenvalue weighted by molar-refractivity contribution is 6.33. The van der Waals surface area contributed by atoms with Gasteiger partial charge in [0.25, 0.3) is 5.56 Å². The number of piperidine rings is 1. The van der Waals surface area contributed by atoms with Crippen molar-refractivity contribution >= 4 is 29.9 Å². The molecule has 2 atom stereocenters. The molecule has 1 aromatic carbocycles. The third-order valence-electron chi connectivity index (χ3n) is 8.99. The van der Waals surface area contributed by atoms with Crippen LogP contribution in [0.4, 0.5) is 18.9 Å². The smallest absolute Gasteiger partial charge is 0.323 e. The monoisotopic (exact) mass is 604 g/mol. The number of alkyl halides is 3. The average molecular weight is 605 g/mol. The van der Waals surface area contributed by atoms with E-state index in [0.717, 1.165) is 81.9 Å². The van der Waals surface area contributed by atoms with Gasteiger partial charge in [-0.3, -0.25) is 9.59 Å². The fourth-order valence-corrected chi connectivity index (χ4v) is 7.12. The summed E-state index contributed by atoms with van der Waals surface area (Å²) in [7, 11) is 0. The molecule has 12 heteroatoms. The van der Waals surface area contributed by atoms with Crippen molar-refractivity contribution in [3.05, 3.63) is 67.7 Å². The number of rotatable bonds is 7. The fraction of sp³-hybridized carbons (Fsp3) is 0.533. The Kier molecular flexibility index (Phi) is 8.80. The third-order valence-corrected chi connectivity index (χ3v) is 9.31. The van der Waals surface area contributed by atoms with Crippen molar-refractivity contribution in [2.75, 3.05) is 25.0 Å². The number of amides is 1. The lowest BCUT2D eigenvalue weighted by Gasteiger charge is -2.42. The first-order valence-electron chi connectivity index (χ1n) is 14.5. The van der Waals surface area contributed by atoms with Gasteiger partial charge in [0.2, 0.25) is 11.5 Å². The second kappa shape index (κ2) is 12.2. The Morgan fingerprint density at radius 1 is 1.26 bits per heavy atom. The van der Waals surface area contributed by atoms with Crippen molar-refractivity contribution in [2.45, 2.75) is 76.4 Å². The summed E-state index contributed by atoms with van der Waals surface area (Å²) in [6.07, 6.45) is 4.76. The molecule has 2 N–H and O–H groups in total. The molecule has 5 rings (SSSR count). The molecule has 2 unspecified atom stereocenters. The van der Waals surface area contributed by atoms with Crippen LogP contribution in [0.15, 0.2) is 44.7 Å². The number of nitrogens with zero attached hydrogens (tertiary/aromatic N) is 4. The highest BCUT2D eigenvalue weighted by Crippen LogP contribution is 2.47. The molecule has 1 fully saturated rings. The quantitative estimate of drug-likeness (QED) is 0.343. The first-order chi connectivity index (χ1) is 20.1. The molecule has 0 radical (unpaired) electrons. The van der Waals surface area contributed by atoms with E-state index in [4.69, 9.17) is 16.6 Å². The second-order valence-corrected chi connectivity index (χ2v) is 11.8. The van der Waals surface area contributed by atoms with Gasteiger partial charge in [-0.1, -0.05) is 36.6 Å². The Morgan fingerprint density at radius 3 is 2.74 bits per heavy atom. The molecule has 42 heavy (non-hydrogen) atoms. The van der Waals surface area contributed by atoms with Crippen LogP contribution in [0.2, 0.25) is 5.02 Å². The zero-order chi connectivity index (χ0) is 30.1. The molecular weight excluding hydrogens is 569 g/mol. The molecule has 3 aliphatic rings. The van der Waals surface area contributed by atoms with E-state index in [-0.39, 0.29) is 39.8 Å². The number of carbonyl (C=O) groups is 1. The van der Waals surface area contributed by atoms with Crippen LogP contribution >= 0.6 is 11.6 Å². The van der Waals surface area contributed by atoms with Crippen LogP contribution < -0.4 is 21.8 Å². The maximum Gasteiger partial charge on any atom is 0.416 e. The predicted molar refractivity (Wildman–Crippen MR) is 157 cm³/mol. The summed E-state index contributed by atoms with van der Waals surface area (Å²) >= 11 is 6.12. The maximum absolute atomic E-state index is 14.1. The summed E-state index contributed by atoms with van der Waals surface area (Å²) in [6.45, 7) is 7.52. The van der Waals surface area contributed by atoms with Gasteiger partial charge in [0, 0.05) is 23.4 Å². The van der Waals surface area contributed by atoms with Crippen LogP contribution in [0.1, 0.15) is 68.7 Å². The molecule has 2 aromatic rings. The van der Waals surface area contributed by atoms with Gasteiger partial charge >= 0.3 is 6.18 Å². The number of nitrogens with one attached hydrogen (secondary N) is 2. The predicted octanol–water partition coefficient (Wildman–Crippen LogP) is 5.03. The number of carbonyl (C=O) groups excluding carboxylic acids is 1. The minimum atomic E-state index is -4.56. The van der Waals surface area contributed by atoms with Crippen molar-refractivity contribution in [3.63, 3.8) is 0 Å². The minimum absolute atomic E-state index is 0.0637. The highest BCUT2D eigenvalue weighted by atomic mass is 35.5. The number of aromatic nitrogens is 2. The number of halogens is 4. The van der Waals surface area contributed by atoms with Crippen LogP contribution in [0.5, 0.6) is 0 Å². The van der Waals surface area contributed by atoms with Gasteiger partial charge in [-0.2, -0.15) is 22.9 Å². The van der Waals surface area contributed by atoms with Crippen molar-refractivity contribution in [1.82, 2.24) is 14.6 Å². The molecule has 1 spiro atoms. The fourth-order valence-electron chi connectivity index (χ4n) is 6.89. The highest BCUT2D eigenvalue weighted by Gasteiger charge is 2.49. The molecule has 8 nitrogen and oxygen atoms in total. The Bertz CT molecular complexity index is 1540. The third kappa shape index (κ3) is 5.73. The van der Waals surface area contributed by atoms with Crippen LogP contribution in [0.25, 0.3) is 0 Å². The lowest BCUT2D eigenvalue weighted by Crippen LogP contribution is -2.52. The molecular formula is C30H36ClF3N6O2. The Labute approximate surface area is 247 Å². The molecule has 0 saturated carbocycles. The zero-order valence-electron chi connectivity index (χ0n) is 23.7. The van der Waals surface area contributed by atoms with Crippen molar-refractivity contribution in [3.8, 4) is 0 Å². The molecule has 1 aliphatic heterocycles. The van der Waals surface area contributed by atoms with Gasteiger partial charge < -0.3 is 15.2 Å². The molecule has 1 saturated heterocycles. The van der Waals surface area contributed by atoms with E-state index < -0.39 is 17.6 Å². The van der Waals surface area contributed by atoms with Gasteiger partial charge in [0.05, 0.1) is 22.8 Å². The first kappa shape index (κ1) is 30.3. The summed E-state index contributed by atoms with van der Waals surface area (Å²) in [4.78, 5) is 32.3. The first-order valence-corrected chi connectivity index (χ1v) is 14.9. The molecule has 2 aliphatic carbocycles. The van der Waals surface area contributed by atoms with Crippen LogP contribution in [0.3, 0.4) is 0 Å². The zero-order valence-corrected chi connectivity index (χ0v) is 24.5. The van der Waals surface area contributed by atoms with Gasteiger partial charge in [-0.15, -0.1) is 0 Å². The van der Waals surface area contributed by atoms with Crippen LogP contribution in [-0.2, 0) is 29.4 Å². The van der Waals surface area contributed by atoms with Crippen molar-refractivity contribution in [1.29, 1.82) is 0 Å². The summed E-state index contributed by atoms with van der Waals surface area (Å²) in [5, 5.41) is 9.96. The summed E-state index contributed by atoms with van der Waals surface area (Å²) < 4.78 is 42.3. The van der Waals surface area contributed by atoms with E-state index in [1.54, 1.807) is 4.57 Å². The average Bonchev–Trinajstić information content (AvgIpc) is 3.34. The largest absolute Gasteiger partial charge is 0.416 e. The Balaban J connectivity index is 1.60. The van der Waals surface area contributed by atoms with Gasteiger partial charge in [-0.25, -0.2) is 4.99 Å². The van der Waals surface area contributed by atoms with Crippen LogP contribution in [-0.4, -0.2) is 41.5 Å². The van der Waals surface area contributed by atoms with Crippen molar-refractivity contribution in [2.24, 2.45) is 16.0 Å². The lowest BCUT2D eigenvalue weighted by atomic mass is 9.66. The molecule has 2 heterocycles. The van der Waals surface area contributed by atoms with E-state index in [0.29, 0.717) is 18.5 Å². The van der Waals surface area contributed by atoms with E-state index in [9.17, 15) is 22.8 Å². The van der Waals surface area contributed by atoms with Crippen LogP contribution in [0, 0.1) is 5.92 Å². The number of allylic oxidation sites excluding steroid dienone is 1. The molecule has 1 amide bonds. The van der Waals surface area contributed by atoms with Crippen molar-refractivity contribution < 1.29 is 18.0 Å². The Hall–Kier alpha value is -3.18. The van der Waals surface area contributed by atoms with Gasteiger partial charge in [-0.05, 0) is 82.2 Å². The number of hydrogen-bond acceptors (Lipinski definition) is 5. The standard InChI is InChI=1S/C30H36ClF3N6O2/c1-3-20-17-36-14-13-29(20)12-11-24-26(29)27(42)40(35-2)28(37-16-19-7-5-4-6-8-19)39(24)18-25(41)38-23-10-9-21(15-22(23)31)30(32,33)34/h7,9-10,15,20,36H,2-6,8,11-14,16-18H2,1H3,(H,38,41). The van der Waals surface area contributed by atoms with E-state index in [1.165, 1.54) is 10.2 Å². The number of hydrogen-bond donors (Lipinski definition) is 2. The minimum Gasteiger partial charge on any atom is -0.323 e. The topological polar surface area (TPSA) is 92.8 Å². The van der Waals surface area contributed by atoms with Gasteiger partial charge in [0.15, 0.2) is 0 Å². The Morgan fingerprint density at radius 2 is 2.07 bits per heavy atom. The summed E-state index contributed by atoms with van der Waals surface area (Å²) in [6, 6.07) is 2.80. The van der Waals surface area contributed by atoms with E-state index in [2.05, 4.69) is 35.5 Å². The molecule has 0 bridgehead atoms. The number of anilines is 1. The molecule has 226 valence electrons. The maximum atomic E-state index is 14.1. The SMILES string of the molecule is C=Nn1c(=O)c2c(n(CC(=O)Nc3ccc(C(F)(F)F)cc3Cl)c1=NCC1=CCCCC1)CCC21CCNCC1CC. The number of benzene rings is 1. The lowest BCUT2D eigenvalue weighted by molar-refractivity contribution is -0.137. The molecule has 1 aromatic heterocycles. The summed E-state index contributed by atoms with van der Waals surface area (Å²) in [5.41, 5.74) is 1.37. The van der Waals surface area contributed by atoms with E-state index in [1.807, 2.05) is 0 Å². The number of fused-ring (bicyclic) bond motifs is 2.